The molecule has 4 aromatic rings. The maximum Gasteiger partial charge on any atom is 0.310 e. The van der Waals surface area contributed by atoms with Gasteiger partial charge in [0.05, 0.1) is 16.0 Å². The Labute approximate surface area is 158 Å². The molecular formula is C20H14N4O4. The number of fused-ring (bicyclic) bond motifs is 1. The average Bonchev–Trinajstić information content (AvgIpc) is 3.12. The Morgan fingerprint density at radius 3 is 2.54 bits per heavy atom. The van der Waals surface area contributed by atoms with Crippen LogP contribution in [0.15, 0.2) is 73.1 Å². The number of phenolic OH excluding ortho intramolecular Hbond substituents is 1. The van der Waals surface area contributed by atoms with Crippen LogP contribution in [0.4, 0.5) is 11.4 Å². The zero-order valence-electron chi connectivity index (χ0n) is 14.4. The molecule has 28 heavy (non-hydrogen) atoms. The molecule has 2 N–H and O–H groups in total. The van der Waals surface area contributed by atoms with E-state index in [0.717, 1.165) is 28.9 Å². The fourth-order valence-electron chi connectivity index (χ4n) is 2.89. The zero-order valence-corrected chi connectivity index (χ0v) is 14.4. The van der Waals surface area contributed by atoms with Gasteiger partial charge in [-0.05, 0) is 48.5 Å². The minimum Gasteiger partial charge on any atom is -0.502 e. The second-order valence-electron chi connectivity index (χ2n) is 6.06. The van der Waals surface area contributed by atoms with Crippen molar-refractivity contribution < 1.29 is 14.8 Å². The van der Waals surface area contributed by atoms with E-state index in [0.29, 0.717) is 5.69 Å². The quantitative estimate of drug-likeness (QED) is 0.416. The molecule has 4 rings (SSSR count). The van der Waals surface area contributed by atoms with Crippen LogP contribution in [0.5, 0.6) is 5.75 Å². The van der Waals surface area contributed by atoms with Gasteiger partial charge in [0.2, 0.25) is 0 Å². The zero-order chi connectivity index (χ0) is 19.7. The summed E-state index contributed by atoms with van der Waals surface area (Å²) in [6, 6.07) is 18.4. The van der Waals surface area contributed by atoms with Crippen LogP contribution in [0.3, 0.4) is 0 Å². The van der Waals surface area contributed by atoms with Crippen LogP contribution >= 0.6 is 0 Å². The number of nitrogens with zero attached hydrogens (tertiary/aromatic N) is 3. The lowest BCUT2D eigenvalue weighted by Gasteiger charge is -2.08. The van der Waals surface area contributed by atoms with Crippen molar-refractivity contribution in [3.8, 4) is 11.4 Å². The number of nitro benzene ring substituents is 1. The third-order valence-corrected chi connectivity index (χ3v) is 4.29. The Balaban J connectivity index is 1.54. The van der Waals surface area contributed by atoms with E-state index in [1.165, 1.54) is 6.07 Å². The molecular weight excluding hydrogens is 360 g/mol. The maximum absolute atomic E-state index is 12.3. The fraction of sp³-hybridized carbons (Fsp3) is 0. The highest BCUT2D eigenvalue weighted by molar-refractivity contribution is 6.04. The van der Waals surface area contributed by atoms with Gasteiger partial charge in [0.15, 0.2) is 5.75 Å². The molecule has 8 heteroatoms. The minimum absolute atomic E-state index is 0.118. The van der Waals surface area contributed by atoms with E-state index in [1.807, 2.05) is 41.0 Å². The Bertz CT molecular complexity index is 1200. The summed E-state index contributed by atoms with van der Waals surface area (Å²) >= 11 is 0. The molecule has 0 saturated heterocycles. The van der Waals surface area contributed by atoms with Gasteiger partial charge in [-0.15, -0.1) is 0 Å². The van der Waals surface area contributed by atoms with E-state index < -0.39 is 22.3 Å². The first-order chi connectivity index (χ1) is 13.5. The number of aromatic hydroxyl groups is 1. The number of imidazole rings is 1. The standard InChI is InChI=1S/C20H14N4O4/c25-19-11-13(5-10-18(19)24(27)28)20(26)22-14-6-8-15(9-7-14)23-12-21-16-3-1-2-4-17(16)23/h1-12,25H,(H,22,26). The number of carbonyl (C=O) groups is 1. The summed E-state index contributed by atoms with van der Waals surface area (Å²) in [6.45, 7) is 0. The third-order valence-electron chi connectivity index (χ3n) is 4.29. The molecule has 1 amide bonds. The molecule has 0 unspecified atom stereocenters. The molecule has 0 radical (unpaired) electrons. The molecule has 0 bridgehead atoms. The lowest BCUT2D eigenvalue weighted by atomic mass is 10.1. The van der Waals surface area contributed by atoms with Crippen LogP contribution < -0.4 is 5.32 Å². The molecule has 1 aromatic heterocycles. The molecule has 138 valence electrons. The van der Waals surface area contributed by atoms with Gasteiger partial charge in [0.1, 0.15) is 6.33 Å². The molecule has 0 saturated carbocycles. The van der Waals surface area contributed by atoms with Crippen LogP contribution in [0, 0.1) is 10.1 Å². The number of nitrogens with one attached hydrogen (secondary N) is 1. The van der Waals surface area contributed by atoms with Crippen LogP contribution in [-0.2, 0) is 0 Å². The van der Waals surface area contributed by atoms with Crippen molar-refractivity contribution in [1.29, 1.82) is 0 Å². The Morgan fingerprint density at radius 1 is 1.07 bits per heavy atom. The first-order valence-electron chi connectivity index (χ1n) is 8.34. The number of rotatable bonds is 4. The number of nitro groups is 1. The fourth-order valence-corrected chi connectivity index (χ4v) is 2.89. The highest BCUT2D eigenvalue weighted by Gasteiger charge is 2.16. The van der Waals surface area contributed by atoms with E-state index >= 15 is 0 Å². The van der Waals surface area contributed by atoms with E-state index in [-0.39, 0.29) is 5.56 Å². The lowest BCUT2D eigenvalue weighted by Crippen LogP contribution is -2.12. The molecule has 0 aliphatic heterocycles. The largest absolute Gasteiger partial charge is 0.502 e. The highest BCUT2D eigenvalue weighted by Crippen LogP contribution is 2.27. The molecule has 0 spiro atoms. The molecule has 1 heterocycles. The third kappa shape index (κ3) is 3.14. The minimum atomic E-state index is -0.713. The number of aromatic nitrogens is 2. The van der Waals surface area contributed by atoms with Crippen molar-refractivity contribution in [2.75, 3.05) is 5.32 Å². The van der Waals surface area contributed by atoms with E-state index in [4.69, 9.17) is 0 Å². The van der Waals surface area contributed by atoms with Crippen molar-refractivity contribution in [2.45, 2.75) is 0 Å². The number of amides is 1. The molecule has 0 aliphatic rings. The van der Waals surface area contributed by atoms with Gasteiger partial charge in [-0.3, -0.25) is 19.5 Å². The van der Waals surface area contributed by atoms with Crippen LogP contribution in [-0.4, -0.2) is 25.5 Å². The van der Waals surface area contributed by atoms with Gasteiger partial charge in [-0.1, -0.05) is 12.1 Å². The van der Waals surface area contributed by atoms with Gasteiger partial charge in [-0.25, -0.2) is 4.98 Å². The molecule has 0 aliphatic carbocycles. The molecule has 0 fully saturated rings. The van der Waals surface area contributed by atoms with E-state index in [2.05, 4.69) is 10.3 Å². The van der Waals surface area contributed by atoms with E-state index in [9.17, 15) is 20.0 Å². The van der Waals surface area contributed by atoms with Crippen molar-refractivity contribution in [3.63, 3.8) is 0 Å². The normalized spacial score (nSPS) is 10.7. The smallest absolute Gasteiger partial charge is 0.310 e. The second kappa shape index (κ2) is 6.84. The summed E-state index contributed by atoms with van der Waals surface area (Å²) < 4.78 is 1.94. The average molecular weight is 374 g/mol. The van der Waals surface area contributed by atoms with Gasteiger partial charge >= 0.3 is 5.69 Å². The second-order valence-corrected chi connectivity index (χ2v) is 6.06. The van der Waals surface area contributed by atoms with Gasteiger partial charge in [-0.2, -0.15) is 0 Å². The predicted molar refractivity (Wildman–Crippen MR) is 104 cm³/mol. The summed E-state index contributed by atoms with van der Waals surface area (Å²) in [4.78, 5) is 26.7. The number of anilines is 1. The van der Waals surface area contributed by atoms with Crippen LogP contribution in [0.2, 0.25) is 0 Å². The molecule has 0 atom stereocenters. The molecule has 3 aromatic carbocycles. The Morgan fingerprint density at radius 2 is 1.82 bits per heavy atom. The van der Waals surface area contributed by atoms with Crippen LogP contribution in [0.25, 0.3) is 16.7 Å². The van der Waals surface area contributed by atoms with E-state index in [1.54, 1.807) is 18.5 Å². The SMILES string of the molecule is O=C(Nc1ccc(-n2cnc3ccccc32)cc1)c1ccc([N+](=O)[O-])c(O)c1. The summed E-state index contributed by atoms with van der Waals surface area (Å²) in [5, 5.41) is 23.1. The summed E-state index contributed by atoms with van der Waals surface area (Å²) in [5.74, 6) is -1.04. The van der Waals surface area contributed by atoms with Crippen LogP contribution in [0.1, 0.15) is 10.4 Å². The number of phenols is 1. The number of hydrogen-bond acceptors (Lipinski definition) is 5. The van der Waals surface area contributed by atoms with Crippen molar-refractivity contribution in [3.05, 3.63) is 88.7 Å². The Kier molecular flexibility index (Phi) is 4.21. The lowest BCUT2D eigenvalue weighted by molar-refractivity contribution is -0.385. The van der Waals surface area contributed by atoms with Gasteiger partial charge in [0, 0.05) is 23.0 Å². The highest BCUT2D eigenvalue weighted by atomic mass is 16.6. The Hall–Kier alpha value is -4.20. The number of para-hydroxylation sites is 2. The first kappa shape index (κ1) is 17.2. The first-order valence-corrected chi connectivity index (χ1v) is 8.34. The van der Waals surface area contributed by atoms with Gasteiger partial charge in [0.25, 0.3) is 5.91 Å². The summed E-state index contributed by atoms with van der Waals surface area (Å²) in [6.07, 6.45) is 1.73. The molecule has 8 nitrogen and oxygen atoms in total. The topological polar surface area (TPSA) is 110 Å². The number of carbonyl (C=O) groups excluding carboxylic acids is 1. The number of benzene rings is 3. The summed E-state index contributed by atoms with van der Waals surface area (Å²) in [7, 11) is 0. The van der Waals surface area contributed by atoms with Crippen molar-refractivity contribution in [2.24, 2.45) is 0 Å². The predicted octanol–water partition coefficient (Wildman–Crippen LogP) is 3.89. The summed E-state index contributed by atoms with van der Waals surface area (Å²) in [5.41, 5.74) is 2.97. The monoisotopic (exact) mass is 374 g/mol. The van der Waals surface area contributed by atoms with Crippen molar-refractivity contribution in [1.82, 2.24) is 9.55 Å². The number of hydrogen-bond donors (Lipinski definition) is 2. The van der Waals surface area contributed by atoms with Gasteiger partial charge < -0.3 is 10.4 Å². The maximum atomic E-state index is 12.3. The van der Waals surface area contributed by atoms with Crippen molar-refractivity contribution >= 4 is 28.3 Å².